The van der Waals surface area contributed by atoms with Crippen molar-refractivity contribution in [1.82, 2.24) is 0 Å². The second-order valence-electron chi connectivity index (χ2n) is 20.8. The van der Waals surface area contributed by atoms with E-state index in [0.29, 0.717) is 0 Å². The smallest absolute Gasteiger partial charge is 0 e. The Hall–Kier alpha value is -3.96. The molecule has 0 heterocycles. The molecule has 6 rings (SSSR count). The van der Waals surface area contributed by atoms with Crippen molar-refractivity contribution in [1.29, 1.82) is 0 Å². The number of alkyl halides is 24. The first-order valence-electron chi connectivity index (χ1n) is 24.1. The van der Waals surface area contributed by atoms with Crippen LogP contribution in [0.25, 0.3) is 0 Å². The maximum absolute atomic E-state index is 14.2. The van der Waals surface area contributed by atoms with Crippen LogP contribution in [0.4, 0.5) is 105 Å². The Balaban J connectivity index is 0.00000214. The quantitative estimate of drug-likeness (QED) is 0.0846. The summed E-state index contributed by atoms with van der Waals surface area (Å²) in [7, 11) is 0. The van der Waals surface area contributed by atoms with Crippen molar-refractivity contribution in [3.05, 3.63) is 131 Å². The van der Waals surface area contributed by atoms with Crippen molar-refractivity contribution in [2.75, 3.05) is 0 Å². The third-order valence-electron chi connectivity index (χ3n) is 16.7. The number of hydrogen-bond donors (Lipinski definition) is 0. The summed E-state index contributed by atoms with van der Waals surface area (Å²) in [5.74, 6) is 9.35. The van der Waals surface area contributed by atoms with Crippen molar-refractivity contribution in [2.45, 2.75) is 119 Å². The predicted octanol–water partition coefficient (Wildman–Crippen LogP) is 17.5. The molecule has 0 N–H and O–H groups in total. The Morgan fingerprint density at radius 2 is 0.313 bits per heavy atom. The Morgan fingerprint density at radius 3 is 0.386 bits per heavy atom. The molecular formula is C54H52BF24Ir2O2-. The minimum atomic E-state index is -6.13. The van der Waals surface area contributed by atoms with Crippen LogP contribution in [0.5, 0.6) is 0 Å². The van der Waals surface area contributed by atoms with Crippen LogP contribution in [0.2, 0.25) is 0 Å². The average Bonchev–Trinajstić information content (AvgIpc) is 3.62. The zero-order valence-corrected chi connectivity index (χ0v) is 49.6. The van der Waals surface area contributed by atoms with E-state index < -0.39 is 195 Å². The maximum atomic E-state index is 14.2. The van der Waals surface area contributed by atoms with Crippen LogP contribution in [-0.4, -0.2) is 6.15 Å². The van der Waals surface area contributed by atoms with Gasteiger partial charge in [-0.25, -0.2) is 0 Å². The summed E-state index contributed by atoms with van der Waals surface area (Å²) in [6.45, 7) is 33.0. The van der Waals surface area contributed by atoms with E-state index >= 15 is 0 Å². The van der Waals surface area contributed by atoms with Gasteiger partial charge in [-0.05, 0) is 83.4 Å². The minimum Gasteiger partial charge on any atom is 0 e. The number of rotatable bonds is 4. The van der Waals surface area contributed by atoms with E-state index in [4.69, 9.17) is 9.30 Å². The summed E-state index contributed by atoms with van der Waals surface area (Å²) >= 11 is 0. The van der Waals surface area contributed by atoms with Gasteiger partial charge in [-0.2, -0.15) is 127 Å². The van der Waals surface area contributed by atoms with E-state index in [-0.39, 0.29) is 40.2 Å². The molecule has 0 aliphatic heterocycles. The molecule has 2 saturated carbocycles. The standard InChI is InChI=1S/C32H12BF24.2C10H20.2CO.2Ir/c34-25(35,36)13-1-14(26(37,38)39)6-21(5-13)33(22-7-15(27(40,41)42)2-16(8-22)28(43,44)45,23-9-17(29(46,47)48)3-18(10-23)30(49,50)51)24-11-19(31(52,53)54)4-20(12-24)32(55,56)57;2*1-6-7(2)9(4)10(5)8(6)3;2*1-2;;/h1-12H;2*6-10H,1-5H3;;;;/q-1;;;;;;. The minimum absolute atomic E-state index is 0. The van der Waals surface area contributed by atoms with E-state index in [1.807, 2.05) is 0 Å². The van der Waals surface area contributed by atoms with Gasteiger partial charge in [0.15, 0.2) is 0 Å². The van der Waals surface area contributed by atoms with Gasteiger partial charge >= 0.3 is 72.0 Å². The van der Waals surface area contributed by atoms with Crippen LogP contribution in [0.1, 0.15) is 114 Å². The van der Waals surface area contributed by atoms with Gasteiger partial charge in [0.05, 0.1) is 44.5 Å². The summed E-state index contributed by atoms with van der Waals surface area (Å²) in [6.07, 6.45) is -54.8. The molecule has 0 amide bonds. The molecule has 470 valence electrons. The Labute approximate surface area is 489 Å². The van der Waals surface area contributed by atoms with Crippen LogP contribution >= 0.6 is 0 Å². The van der Waals surface area contributed by atoms with Crippen molar-refractivity contribution < 1.29 is 155 Å². The molecule has 0 bridgehead atoms. The fraction of sp³-hybridized carbons (Fsp3) is 0.519. The second kappa shape index (κ2) is 28.3. The van der Waals surface area contributed by atoms with Gasteiger partial charge in [-0.1, -0.05) is 118 Å². The van der Waals surface area contributed by atoms with E-state index in [1.54, 1.807) is 0 Å². The molecule has 2 fully saturated rings. The molecule has 2 nitrogen and oxygen atoms in total. The predicted molar refractivity (Wildman–Crippen MR) is 250 cm³/mol. The first-order chi connectivity index (χ1) is 36.4. The first kappa shape index (κ1) is 79.0. The van der Waals surface area contributed by atoms with Gasteiger partial charge in [0, 0.05) is 40.2 Å². The van der Waals surface area contributed by atoms with Gasteiger partial charge in [0.2, 0.25) is 0 Å². The van der Waals surface area contributed by atoms with Crippen LogP contribution in [0.3, 0.4) is 0 Å². The van der Waals surface area contributed by atoms with Gasteiger partial charge in [-0.15, -0.1) is 0 Å². The molecule has 0 saturated heterocycles. The molecule has 4 aromatic carbocycles. The van der Waals surface area contributed by atoms with Gasteiger partial charge in [0.1, 0.15) is 6.15 Å². The molecular weight excluding hydrogens is 1530 g/mol. The van der Waals surface area contributed by atoms with Gasteiger partial charge in [-0.3, -0.25) is 0 Å². The summed E-state index contributed by atoms with van der Waals surface area (Å²) < 4.78 is 356. The summed E-state index contributed by atoms with van der Waals surface area (Å²) in [5.41, 5.74) is -30.2. The zero-order valence-electron chi connectivity index (χ0n) is 44.8. The zero-order chi connectivity index (χ0) is 63.7. The fourth-order valence-electron chi connectivity index (χ4n) is 10.9. The second-order valence-corrected chi connectivity index (χ2v) is 20.8. The monoisotopic (exact) mass is 1590 g/mol. The largest absolute Gasteiger partial charge is 0 e. The number of hydrogen-bond acceptors (Lipinski definition) is 0. The Kier molecular flexibility index (Phi) is 26.9. The average molecular weight is 1580 g/mol. The van der Waals surface area contributed by atoms with E-state index in [1.165, 1.54) is 0 Å². The third kappa shape index (κ3) is 18.5. The van der Waals surface area contributed by atoms with Crippen molar-refractivity contribution in [2.24, 2.45) is 59.2 Å². The molecule has 0 aromatic heterocycles. The molecule has 2 aliphatic rings. The number of halogens is 24. The van der Waals surface area contributed by atoms with Crippen molar-refractivity contribution >= 4 is 28.0 Å². The Bertz CT molecular complexity index is 2240. The van der Waals surface area contributed by atoms with Crippen LogP contribution < -0.4 is 21.9 Å². The summed E-state index contributed by atoms with van der Waals surface area (Å²) in [4.78, 5) is 0. The molecule has 2 radical (unpaired) electrons. The van der Waals surface area contributed by atoms with Gasteiger partial charge < -0.3 is 0 Å². The molecule has 4 aromatic rings. The van der Waals surface area contributed by atoms with Gasteiger partial charge in [0.25, 0.3) is 0 Å². The SMILES string of the molecule is CC1C(C)C(C)C(C)C1C.CC1C(C)C(C)C(C)C1C.FC(F)(F)c1cc([B-](c2cc(C(F)(F)F)cc(C(F)(F)F)c2)(c2cc(C(F)(F)F)cc(C(F)(F)F)c2)c2cc(C(F)(F)F)cc(C(F)(F)F)c2)cc(C(F)(F)F)c1.[C-]#[O+].[C-]#[O+].[Ir].[Ir]. The molecule has 83 heavy (non-hydrogen) atoms. The molecule has 2 aliphatic carbocycles. The summed E-state index contributed by atoms with van der Waals surface area (Å²) in [6, 6.07) is -8.81. The molecule has 0 unspecified atom stereocenters. The topological polar surface area (TPSA) is 39.8 Å². The van der Waals surface area contributed by atoms with E-state index in [9.17, 15) is 105 Å². The third-order valence-corrected chi connectivity index (χ3v) is 16.7. The first-order valence-corrected chi connectivity index (χ1v) is 24.1. The van der Waals surface area contributed by atoms with Crippen LogP contribution in [-0.2, 0) is 98.9 Å². The van der Waals surface area contributed by atoms with Crippen LogP contribution in [0, 0.1) is 72.5 Å². The normalized spacial score (nSPS) is 23.3. The fourth-order valence-corrected chi connectivity index (χ4v) is 10.9. The van der Waals surface area contributed by atoms with Crippen molar-refractivity contribution in [3.8, 4) is 0 Å². The van der Waals surface area contributed by atoms with Crippen molar-refractivity contribution in [3.63, 3.8) is 0 Å². The van der Waals surface area contributed by atoms with E-state index in [2.05, 4.69) is 82.5 Å². The molecule has 29 heteroatoms. The van der Waals surface area contributed by atoms with Crippen LogP contribution in [0.15, 0.2) is 72.8 Å². The van der Waals surface area contributed by atoms with E-state index in [0.717, 1.165) is 59.2 Å². The Morgan fingerprint density at radius 1 is 0.229 bits per heavy atom. The maximum Gasteiger partial charge on any atom is 0 e. The summed E-state index contributed by atoms with van der Waals surface area (Å²) in [5, 5.41) is 0. The number of benzene rings is 4. The molecule has 0 atom stereocenters. The molecule has 0 spiro atoms.